The number of nitrogens with zero attached hydrogens (tertiary/aromatic N) is 2. The monoisotopic (exact) mass is 241 g/mol. The van der Waals surface area contributed by atoms with Gasteiger partial charge in [0.1, 0.15) is 0 Å². The van der Waals surface area contributed by atoms with Crippen LogP contribution in [0.3, 0.4) is 0 Å². The smallest absolute Gasteiger partial charge is 0.0484 e. The van der Waals surface area contributed by atoms with Gasteiger partial charge in [0.2, 0.25) is 0 Å². The first-order valence-corrected chi connectivity index (χ1v) is 6.84. The van der Waals surface area contributed by atoms with Gasteiger partial charge in [-0.3, -0.25) is 0 Å². The normalized spacial score (nSPS) is 30.7. The van der Waals surface area contributed by atoms with Crippen LogP contribution in [-0.4, -0.2) is 68.3 Å². The Balaban J connectivity index is 1.84. The summed E-state index contributed by atoms with van der Waals surface area (Å²) in [7, 11) is 4.45. The molecule has 2 aliphatic heterocycles. The highest BCUT2D eigenvalue weighted by Crippen LogP contribution is 2.21. The van der Waals surface area contributed by atoms with Crippen LogP contribution in [0.4, 0.5) is 0 Å². The molecule has 2 rings (SSSR count). The molecule has 2 saturated heterocycles. The highest BCUT2D eigenvalue weighted by molar-refractivity contribution is 4.91. The van der Waals surface area contributed by atoms with Gasteiger partial charge in [-0.25, -0.2) is 0 Å². The standard InChI is InChI=1S/C13H27N3O/c1-15-7-3-4-12(10-15)16(2)11-13(14)5-8-17-9-6-13/h12H,3-11,14H2,1-2H3. The molecule has 2 N–H and O–H groups in total. The zero-order chi connectivity index (χ0) is 12.3. The second kappa shape index (κ2) is 5.65. The van der Waals surface area contributed by atoms with Crippen LogP contribution in [0, 0.1) is 0 Å². The molecule has 0 spiro atoms. The van der Waals surface area contributed by atoms with E-state index in [2.05, 4.69) is 23.9 Å². The van der Waals surface area contributed by atoms with E-state index in [9.17, 15) is 0 Å². The average Bonchev–Trinajstić information content (AvgIpc) is 2.29. The summed E-state index contributed by atoms with van der Waals surface area (Å²) in [6.45, 7) is 5.09. The number of ether oxygens (including phenoxy) is 1. The molecule has 0 saturated carbocycles. The Morgan fingerprint density at radius 3 is 2.76 bits per heavy atom. The van der Waals surface area contributed by atoms with Crippen molar-refractivity contribution in [1.29, 1.82) is 0 Å². The van der Waals surface area contributed by atoms with E-state index in [0.717, 1.165) is 32.6 Å². The molecule has 2 heterocycles. The molecule has 17 heavy (non-hydrogen) atoms. The number of likely N-dealkylation sites (N-methyl/N-ethyl adjacent to an activating group) is 2. The van der Waals surface area contributed by atoms with Crippen LogP contribution in [0.2, 0.25) is 0 Å². The van der Waals surface area contributed by atoms with Crippen LogP contribution in [-0.2, 0) is 4.74 Å². The summed E-state index contributed by atoms with van der Waals surface area (Å²) < 4.78 is 5.40. The molecule has 4 nitrogen and oxygen atoms in total. The molecule has 0 aromatic rings. The Morgan fingerprint density at radius 1 is 1.41 bits per heavy atom. The Hall–Kier alpha value is -0.160. The van der Waals surface area contributed by atoms with Gasteiger partial charge >= 0.3 is 0 Å². The molecule has 4 heteroatoms. The summed E-state index contributed by atoms with van der Waals surface area (Å²) in [5.41, 5.74) is 6.44. The molecular formula is C13H27N3O. The van der Waals surface area contributed by atoms with Crippen LogP contribution in [0.15, 0.2) is 0 Å². The maximum absolute atomic E-state index is 6.47. The average molecular weight is 241 g/mol. The predicted molar refractivity (Wildman–Crippen MR) is 70.1 cm³/mol. The lowest BCUT2D eigenvalue weighted by atomic mass is 9.90. The molecule has 2 fully saturated rings. The van der Waals surface area contributed by atoms with Crippen molar-refractivity contribution in [3.8, 4) is 0 Å². The maximum Gasteiger partial charge on any atom is 0.0484 e. The van der Waals surface area contributed by atoms with Crippen molar-refractivity contribution in [2.75, 3.05) is 46.9 Å². The molecule has 1 unspecified atom stereocenters. The van der Waals surface area contributed by atoms with Crippen LogP contribution in [0.1, 0.15) is 25.7 Å². The molecule has 0 aromatic heterocycles. The molecule has 0 aliphatic carbocycles. The molecule has 0 bridgehead atoms. The highest BCUT2D eigenvalue weighted by Gasteiger charge is 2.32. The summed E-state index contributed by atoms with van der Waals surface area (Å²) in [5.74, 6) is 0. The minimum atomic E-state index is -0.0248. The lowest BCUT2D eigenvalue weighted by Gasteiger charge is -2.42. The third-order valence-corrected chi connectivity index (χ3v) is 4.28. The minimum Gasteiger partial charge on any atom is -0.381 e. The summed E-state index contributed by atoms with van der Waals surface area (Å²) in [6, 6.07) is 0.678. The lowest BCUT2D eigenvalue weighted by Crippen LogP contribution is -2.56. The third-order valence-electron chi connectivity index (χ3n) is 4.28. The van der Waals surface area contributed by atoms with Crippen molar-refractivity contribution in [2.45, 2.75) is 37.3 Å². The van der Waals surface area contributed by atoms with E-state index in [0.29, 0.717) is 6.04 Å². The van der Waals surface area contributed by atoms with E-state index in [1.165, 1.54) is 25.9 Å². The fourth-order valence-corrected chi connectivity index (χ4v) is 3.06. The molecule has 100 valence electrons. The molecule has 0 amide bonds. The van der Waals surface area contributed by atoms with Crippen LogP contribution in [0.5, 0.6) is 0 Å². The molecule has 1 atom stereocenters. The summed E-state index contributed by atoms with van der Waals surface area (Å²) in [5, 5.41) is 0. The van der Waals surface area contributed by atoms with E-state index in [1.54, 1.807) is 0 Å². The van der Waals surface area contributed by atoms with Crippen molar-refractivity contribution in [1.82, 2.24) is 9.80 Å². The zero-order valence-electron chi connectivity index (χ0n) is 11.3. The van der Waals surface area contributed by atoms with Gasteiger partial charge in [0, 0.05) is 37.9 Å². The first kappa shape index (κ1) is 13.3. The Kier molecular flexibility index (Phi) is 4.42. The SMILES string of the molecule is CN1CCCC(N(C)CC2(N)CCOCC2)C1. The zero-order valence-corrected chi connectivity index (χ0v) is 11.3. The van der Waals surface area contributed by atoms with E-state index >= 15 is 0 Å². The minimum absolute atomic E-state index is 0.0248. The van der Waals surface area contributed by atoms with Gasteiger partial charge in [0.05, 0.1) is 0 Å². The van der Waals surface area contributed by atoms with Crippen molar-refractivity contribution >= 4 is 0 Å². The van der Waals surface area contributed by atoms with E-state index in [4.69, 9.17) is 10.5 Å². The number of hydrogen-bond donors (Lipinski definition) is 1. The maximum atomic E-state index is 6.47. The van der Waals surface area contributed by atoms with Crippen molar-refractivity contribution in [3.05, 3.63) is 0 Å². The first-order valence-electron chi connectivity index (χ1n) is 6.84. The van der Waals surface area contributed by atoms with Gasteiger partial charge in [0.15, 0.2) is 0 Å². The van der Waals surface area contributed by atoms with Crippen molar-refractivity contribution < 1.29 is 4.74 Å². The Labute approximate surface area is 105 Å². The van der Waals surface area contributed by atoms with Gasteiger partial charge in [0.25, 0.3) is 0 Å². The second-order valence-electron chi connectivity index (χ2n) is 5.95. The topological polar surface area (TPSA) is 41.7 Å². The van der Waals surface area contributed by atoms with Crippen LogP contribution in [0.25, 0.3) is 0 Å². The fraction of sp³-hybridized carbons (Fsp3) is 1.00. The summed E-state index contributed by atoms with van der Waals surface area (Å²) >= 11 is 0. The van der Waals surface area contributed by atoms with Gasteiger partial charge in [-0.05, 0) is 46.3 Å². The van der Waals surface area contributed by atoms with E-state index in [-0.39, 0.29) is 5.54 Å². The van der Waals surface area contributed by atoms with Gasteiger partial charge in [-0.2, -0.15) is 0 Å². The number of piperidine rings is 1. The number of hydrogen-bond acceptors (Lipinski definition) is 4. The van der Waals surface area contributed by atoms with Gasteiger partial charge < -0.3 is 20.3 Å². The number of likely N-dealkylation sites (tertiary alicyclic amines) is 1. The highest BCUT2D eigenvalue weighted by atomic mass is 16.5. The molecular weight excluding hydrogens is 214 g/mol. The van der Waals surface area contributed by atoms with Crippen LogP contribution < -0.4 is 5.73 Å². The lowest BCUT2D eigenvalue weighted by molar-refractivity contribution is 0.0286. The Bertz CT molecular complexity index is 241. The Morgan fingerprint density at radius 2 is 2.12 bits per heavy atom. The summed E-state index contributed by atoms with van der Waals surface area (Å²) in [4.78, 5) is 4.90. The van der Waals surface area contributed by atoms with E-state index < -0.39 is 0 Å². The van der Waals surface area contributed by atoms with Crippen molar-refractivity contribution in [2.24, 2.45) is 5.73 Å². The first-order chi connectivity index (χ1) is 8.09. The van der Waals surface area contributed by atoms with Gasteiger partial charge in [-0.15, -0.1) is 0 Å². The van der Waals surface area contributed by atoms with Gasteiger partial charge in [-0.1, -0.05) is 0 Å². The summed E-state index contributed by atoms with van der Waals surface area (Å²) in [6.07, 6.45) is 4.62. The van der Waals surface area contributed by atoms with E-state index in [1.807, 2.05) is 0 Å². The second-order valence-corrected chi connectivity index (χ2v) is 5.95. The predicted octanol–water partition coefficient (Wildman–Crippen LogP) is 0.520. The van der Waals surface area contributed by atoms with Crippen LogP contribution >= 0.6 is 0 Å². The number of nitrogens with two attached hydrogens (primary N) is 1. The third kappa shape index (κ3) is 3.65. The van der Waals surface area contributed by atoms with Crippen molar-refractivity contribution in [3.63, 3.8) is 0 Å². The quantitative estimate of drug-likeness (QED) is 0.782. The fourth-order valence-electron chi connectivity index (χ4n) is 3.06. The molecule has 0 aromatic carbocycles. The largest absolute Gasteiger partial charge is 0.381 e. The molecule has 0 radical (unpaired) electrons. The number of rotatable bonds is 3. The molecule has 2 aliphatic rings.